The van der Waals surface area contributed by atoms with Crippen LogP contribution in [0.2, 0.25) is 0 Å². The largest absolute Gasteiger partial charge is 0.481 e. The number of aliphatic carboxylic acids is 1. The van der Waals surface area contributed by atoms with Crippen molar-refractivity contribution >= 4 is 11.9 Å². The van der Waals surface area contributed by atoms with Crippen molar-refractivity contribution in [3.8, 4) is 0 Å². The van der Waals surface area contributed by atoms with E-state index < -0.39 is 11.4 Å². The summed E-state index contributed by atoms with van der Waals surface area (Å²) in [4.78, 5) is 26.4. The van der Waals surface area contributed by atoms with E-state index in [-0.39, 0.29) is 17.7 Å². The van der Waals surface area contributed by atoms with E-state index in [0.717, 1.165) is 0 Å². The average Bonchev–Trinajstić information content (AvgIpc) is 3.07. The van der Waals surface area contributed by atoms with Gasteiger partial charge in [-0.1, -0.05) is 12.8 Å². The summed E-state index contributed by atoms with van der Waals surface area (Å²) >= 11 is 0. The first-order valence-electron chi connectivity index (χ1n) is 8.23. The molecule has 0 aromatic carbocycles. The van der Waals surface area contributed by atoms with Crippen molar-refractivity contribution in [2.75, 3.05) is 26.3 Å². The number of fused-ring (bicyclic) bond motifs is 2. The molecule has 0 spiro atoms. The Kier molecular flexibility index (Phi) is 3.03. The molecule has 2 unspecified atom stereocenters. The molecule has 4 aliphatic rings. The first kappa shape index (κ1) is 13.6. The minimum absolute atomic E-state index is 0.0338. The van der Waals surface area contributed by atoms with Crippen molar-refractivity contribution in [1.29, 1.82) is 0 Å². The van der Waals surface area contributed by atoms with Crippen molar-refractivity contribution in [3.05, 3.63) is 0 Å². The number of carboxylic acid groups (broad SMARTS) is 1. The number of hydrogen-bond donors (Lipinski definition) is 1. The third-order valence-electron chi connectivity index (χ3n) is 6.39. The van der Waals surface area contributed by atoms with Crippen LogP contribution in [-0.4, -0.2) is 48.2 Å². The lowest BCUT2D eigenvalue weighted by molar-refractivity contribution is -0.157. The quantitative estimate of drug-likeness (QED) is 0.835. The summed E-state index contributed by atoms with van der Waals surface area (Å²) in [7, 11) is 0. The Hall–Kier alpha value is -1.10. The highest BCUT2D eigenvalue weighted by atomic mass is 16.5. The zero-order chi connectivity index (χ0) is 14.6. The Balaban J connectivity index is 1.50. The topological polar surface area (TPSA) is 66.8 Å². The van der Waals surface area contributed by atoms with Gasteiger partial charge in [0.15, 0.2) is 0 Å². The van der Waals surface area contributed by atoms with Gasteiger partial charge in [0.1, 0.15) is 0 Å². The predicted molar refractivity (Wildman–Crippen MR) is 74.5 cm³/mol. The molecule has 2 aliphatic heterocycles. The van der Waals surface area contributed by atoms with Gasteiger partial charge >= 0.3 is 5.97 Å². The van der Waals surface area contributed by atoms with E-state index >= 15 is 0 Å². The molecule has 21 heavy (non-hydrogen) atoms. The van der Waals surface area contributed by atoms with Gasteiger partial charge < -0.3 is 14.7 Å². The van der Waals surface area contributed by atoms with Gasteiger partial charge in [0.2, 0.25) is 5.91 Å². The molecule has 4 atom stereocenters. The van der Waals surface area contributed by atoms with Crippen LogP contribution in [0.1, 0.15) is 32.1 Å². The Labute approximate surface area is 124 Å². The monoisotopic (exact) mass is 293 g/mol. The molecule has 4 rings (SSSR count). The molecule has 116 valence electrons. The number of nitrogens with zero attached hydrogens (tertiary/aromatic N) is 1. The molecule has 5 nitrogen and oxygen atoms in total. The molecular formula is C16H23NO4. The van der Waals surface area contributed by atoms with Crippen LogP contribution in [0.15, 0.2) is 0 Å². The molecule has 1 amide bonds. The summed E-state index contributed by atoms with van der Waals surface area (Å²) in [5.74, 6) is 0.811. The highest BCUT2D eigenvalue weighted by Crippen LogP contribution is 2.57. The number of likely N-dealkylation sites (tertiary alicyclic amines) is 1. The first-order chi connectivity index (χ1) is 10.1. The van der Waals surface area contributed by atoms with Gasteiger partial charge in [-0.05, 0) is 31.1 Å². The van der Waals surface area contributed by atoms with Crippen molar-refractivity contribution in [2.24, 2.45) is 29.1 Å². The van der Waals surface area contributed by atoms with Crippen molar-refractivity contribution < 1.29 is 19.4 Å². The van der Waals surface area contributed by atoms with Crippen LogP contribution in [0, 0.1) is 29.1 Å². The fourth-order valence-corrected chi connectivity index (χ4v) is 5.04. The van der Waals surface area contributed by atoms with Crippen LogP contribution in [0.4, 0.5) is 0 Å². The number of carbonyl (C=O) groups is 2. The second-order valence-corrected chi connectivity index (χ2v) is 7.34. The van der Waals surface area contributed by atoms with Crippen molar-refractivity contribution in [2.45, 2.75) is 32.1 Å². The van der Waals surface area contributed by atoms with Crippen LogP contribution < -0.4 is 0 Å². The maximum Gasteiger partial charge on any atom is 0.311 e. The summed E-state index contributed by atoms with van der Waals surface area (Å²) in [5, 5.41) is 9.67. The molecule has 5 heteroatoms. The summed E-state index contributed by atoms with van der Waals surface area (Å²) in [5.41, 5.74) is -0.756. The number of hydrogen-bond acceptors (Lipinski definition) is 3. The van der Waals surface area contributed by atoms with E-state index in [1.54, 1.807) is 0 Å². The van der Waals surface area contributed by atoms with Gasteiger partial charge in [0.05, 0.1) is 12.0 Å². The Bertz CT molecular complexity index is 467. The third-order valence-corrected chi connectivity index (χ3v) is 6.39. The highest BCUT2D eigenvalue weighted by molar-refractivity contribution is 5.85. The van der Waals surface area contributed by atoms with E-state index in [1.807, 2.05) is 4.90 Å². The third kappa shape index (κ3) is 1.93. The van der Waals surface area contributed by atoms with Gasteiger partial charge in [-0.3, -0.25) is 9.59 Å². The lowest BCUT2D eigenvalue weighted by Gasteiger charge is -2.33. The second-order valence-electron chi connectivity index (χ2n) is 7.34. The maximum atomic E-state index is 12.8. The molecule has 0 bridgehead atoms. The smallest absolute Gasteiger partial charge is 0.311 e. The van der Waals surface area contributed by atoms with E-state index in [1.165, 1.54) is 25.7 Å². The first-order valence-corrected chi connectivity index (χ1v) is 8.23. The van der Waals surface area contributed by atoms with Gasteiger partial charge in [-0.25, -0.2) is 0 Å². The summed E-state index contributed by atoms with van der Waals surface area (Å²) in [6.45, 7) is 1.94. The summed E-state index contributed by atoms with van der Waals surface area (Å²) < 4.78 is 5.46. The zero-order valence-electron chi connectivity index (χ0n) is 12.3. The summed E-state index contributed by atoms with van der Waals surface area (Å²) in [6, 6.07) is 0. The minimum Gasteiger partial charge on any atom is -0.481 e. The van der Waals surface area contributed by atoms with Crippen LogP contribution in [0.25, 0.3) is 0 Å². The van der Waals surface area contributed by atoms with Crippen LogP contribution in [-0.2, 0) is 14.3 Å². The molecule has 0 aromatic rings. The normalized spacial score (nSPS) is 44.9. The van der Waals surface area contributed by atoms with Gasteiger partial charge in [0, 0.05) is 31.5 Å². The fraction of sp³-hybridized carbons (Fsp3) is 0.875. The van der Waals surface area contributed by atoms with Gasteiger partial charge in [0.25, 0.3) is 0 Å². The molecule has 1 N–H and O–H groups in total. The Morgan fingerprint density at radius 1 is 1.19 bits per heavy atom. The number of amides is 1. The standard InChI is InChI=1S/C16H23NO4/c18-14(13-11-3-1-2-4-12(11)13)17-7-10-8-21-6-5-16(10,9-17)15(19)20/h10-13H,1-9H2,(H,19,20)/t10-,11?,12?,13?,16+/m0/s1. The fourth-order valence-electron chi connectivity index (χ4n) is 5.04. The SMILES string of the molecule is O=C(C1C2CCCCC21)N1C[C@H]2COCC[C@@]2(C(=O)O)C1. The second kappa shape index (κ2) is 4.70. The molecular weight excluding hydrogens is 270 g/mol. The predicted octanol–water partition coefficient (Wildman–Crippen LogP) is 1.37. The van der Waals surface area contributed by atoms with E-state index in [0.29, 0.717) is 44.6 Å². The molecule has 2 aliphatic carbocycles. The summed E-state index contributed by atoms with van der Waals surface area (Å²) in [6.07, 6.45) is 5.41. The Morgan fingerprint density at radius 2 is 1.90 bits per heavy atom. The number of carboxylic acids is 1. The molecule has 2 heterocycles. The lowest BCUT2D eigenvalue weighted by atomic mass is 9.74. The van der Waals surface area contributed by atoms with E-state index in [9.17, 15) is 14.7 Å². The highest BCUT2D eigenvalue weighted by Gasteiger charge is 2.60. The van der Waals surface area contributed by atoms with Crippen LogP contribution >= 0.6 is 0 Å². The van der Waals surface area contributed by atoms with Crippen LogP contribution in [0.3, 0.4) is 0 Å². The number of rotatable bonds is 2. The molecule has 0 radical (unpaired) electrons. The van der Waals surface area contributed by atoms with Gasteiger partial charge in [-0.15, -0.1) is 0 Å². The molecule has 2 saturated heterocycles. The van der Waals surface area contributed by atoms with Crippen molar-refractivity contribution in [3.63, 3.8) is 0 Å². The van der Waals surface area contributed by atoms with Gasteiger partial charge in [-0.2, -0.15) is 0 Å². The Morgan fingerprint density at radius 3 is 2.52 bits per heavy atom. The average molecular weight is 293 g/mol. The molecule has 4 fully saturated rings. The maximum absolute atomic E-state index is 12.8. The molecule has 2 saturated carbocycles. The minimum atomic E-state index is -0.756. The molecule has 0 aromatic heterocycles. The number of carbonyl (C=O) groups excluding carboxylic acids is 1. The lowest BCUT2D eigenvalue weighted by Crippen LogP contribution is -2.45. The van der Waals surface area contributed by atoms with E-state index in [2.05, 4.69) is 0 Å². The zero-order valence-corrected chi connectivity index (χ0v) is 12.3. The number of ether oxygens (including phenoxy) is 1. The van der Waals surface area contributed by atoms with E-state index in [4.69, 9.17) is 4.74 Å². The van der Waals surface area contributed by atoms with Crippen LogP contribution in [0.5, 0.6) is 0 Å². The van der Waals surface area contributed by atoms with Crippen molar-refractivity contribution in [1.82, 2.24) is 4.90 Å².